The van der Waals surface area contributed by atoms with E-state index in [4.69, 9.17) is 9.72 Å². The third kappa shape index (κ3) is 2.68. The molecule has 0 bridgehead atoms. The van der Waals surface area contributed by atoms with Crippen LogP contribution in [0.25, 0.3) is 11.0 Å². The molecule has 1 aromatic heterocycles. The first-order valence-corrected chi connectivity index (χ1v) is 7.78. The summed E-state index contributed by atoms with van der Waals surface area (Å²) in [6.45, 7) is 2.89. The van der Waals surface area contributed by atoms with Crippen molar-refractivity contribution in [2.75, 3.05) is 7.11 Å². The Bertz CT molecular complexity index is 780. The van der Waals surface area contributed by atoms with Crippen molar-refractivity contribution >= 4 is 27.0 Å². The highest BCUT2D eigenvalue weighted by Crippen LogP contribution is 2.26. The minimum atomic E-state index is 0.756. The molecule has 0 spiro atoms. The third-order valence-electron chi connectivity index (χ3n) is 3.62. The van der Waals surface area contributed by atoms with Gasteiger partial charge >= 0.3 is 0 Å². The lowest BCUT2D eigenvalue weighted by Gasteiger charge is -2.12. The van der Waals surface area contributed by atoms with Crippen LogP contribution >= 0.6 is 15.9 Å². The quantitative estimate of drug-likeness (QED) is 0.700. The number of imidazole rings is 1. The first-order valence-electron chi connectivity index (χ1n) is 6.99. The van der Waals surface area contributed by atoms with E-state index in [-0.39, 0.29) is 0 Å². The number of nitrogens with zero attached hydrogens (tertiary/aromatic N) is 2. The van der Waals surface area contributed by atoms with E-state index in [1.165, 1.54) is 0 Å². The molecule has 0 aliphatic carbocycles. The van der Waals surface area contributed by atoms with Crippen LogP contribution in [0.2, 0.25) is 0 Å². The predicted octanol–water partition coefficient (Wildman–Crippen LogP) is 4.42. The molecule has 0 saturated carbocycles. The molecule has 1 heterocycles. The van der Waals surface area contributed by atoms with E-state index < -0.39 is 0 Å². The number of benzene rings is 2. The van der Waals surface area contributed by atoms with Gasteiger partial charge in [0.1, 0.15) is 11.6 Å². The molecular weight excluding hydrogens is 328 g/mol. The van der Waals surface area contributed by atoms with Crippen molar-refractivity contribution in [3.63, 3.8) is 0 Å². The summed E-state index contributed by atoms with van der Waals surface area (Å²) < 4.78 is 8.80. The molecule has 4 heteroatoms. The Morgan fingerprint density at radius 3 is 2.76 bits per heavy atom. The van der Waals surface area contributed by atoms with Gasteiger partial charge in [0.25, 0.3) is 0 Å². The lowest BCUT2D eigenvalue weighted by molar-refractivity contribution is 0.408. The standard InChI is InChI=1S/C17H17BrN2O/c1-3-17-19-14-6-4-5-7-15(14)20(17)11-12-10-13(18)8-9-16(12)21-2/h4-10H,3,11H2,1-2H3. The van der Waals surface area contributed by atoms with Gasteiger partial charge in [-0.15, -0.1) is 0 Å². The van der Waals surface area contributed by atoms with E-state index in [0.717, 1.165) is 45.6 Å². The minimum Gasteiger partial charge on any atom is -0.496 e. The van der Waals surface area contributed by atoms with Crippen LogP contribution in [-0.4, -0.2) is 16.7 Å². The molecule has 2 aromatic carbocycles. The average molecular weight is 345 g/mol. The van der Waals surface area contributed by atoms with Crippen molar-refractivity contribution in [3.8, 4) is 5.75 Å². The number of hydrogen-bond donors (Lipinski definition) is 0. The van der Waals surface area contributed by atoms with Crippen LogP contribution in [0.5, 0.6) is 5.75 Å². The molecule has 0 fully saturated rings. The molecule has 0 aliphatic heterocycles. The highest BCUT2D eigenvalue weighted by atomic mass is 79.9. The second kappa shape index (κ2) is 5.90. The summed E-state index contributed by atoms with van der Waals surface area (Å²) in [6, 6.07) is 14.3. The maximum atomic E-state index is 5.48. The molecule has 0 radical (unpaired) electrons. The summed E-state index contributed by atoms with van der Waals surface area (Å²) in [5.41, 5.74) is 3.35. The van der Waals surface area contributed by atoms with Crippen LogP contribution in [0.1, 0.15) is 18.3 Å². The van der Waals surface area contributed by atoms with Crippen molar-refractivity contribution in [3.05, 3.63) is 58.3 Å². The maximum absolute atomic E-state index is 5.48. The van der Waals surface area contributed by atoms with Crippen LogP contribution in [0, 0.1) is 0 Å². The molecule has 3 aromatic rings. The van der Waals surface area contributed by atoms with Gasteiger partial charge in [0.2, 0.25) is 0 Å². The molecule has 0 saturated heterocycles. The van der Waals surface area contributed by atoms with E-state index in [9.17, 15) is 0 Å². The molecular formula is C17H17BrN2O. The SMILES string of the molecule is CCc1nc2ccccc2n1Cc1cc(Br)ccc1OC. The summed E-state index contributed by atoms with van der Waals surface area (Å²) in [5, 5.41) is 0. The maximum Gasteiger partial charge on any atom is 0.123 e. The van der Waals surface area contributed by atoms with Crippen LogP contribution in [0.15, 0.2) is 46.9 Å². The molecule has 0 atom stereocenters. The summed E-state index contributed by atoms with van der Waals surface area (Å²) in [6.07, 6.45) is 0.908. The van der Waals surface area contributed by atoms with Crippen molar-refractivity contribution < 1.29 is 4.74 Å². The van der Waals surface area contributed by atoms with Crippen molar-refractivity contribution in [1.29, 1.82) is 0 Å². The summed E-state index contributed by atoms with van der Waals surface area (Å²) >= 11 is 3.53. The van der Waals surface area contributed by atoms with Gasteiger partial charge in [0, 0.05) is 16.5 Å². The molecule has 0 unspecified atom stereocenters. The van der Waals surface area contributed by atoms with E-state index >= 15 is 0 Å². The fourth-order valence-corrected chi connectivity index (χ4v) is 3.02. The van der Waals surface area contributed by atoms with Gasteiger partial charge in [-0.3, -0.25) is 0 Å². The van der Waals surface area contributed by atoms with Crippen LogP contribution in [0.3, 0.4) is 0 Å². The molecule has 3 rings (SSSR count). The summed E-state index contributed by atoms with van der Waals surface area (Å²) in [5.74, 6) is 2.00. The van der Waals surface area contributed by atoms with Gasteiger partial charge in [-0.2, -0.15) is 0 Å². The fraction of sp³-hybridized carbons (Fsp3) is 0.235. The largest absolute Gasteiger partial charge is 0.496 e. The number of rotatable bonds is 4. The normalized spacial score (nSPS) is 11.0. The topological polar surface area (TPSA) is 27.1 Å². The number of methoxy groups -OCH3 is 1. The summed E-state index contributed by atoms with van der Waals surface area (Å²) in [4.78, 5) is 4.72. The van der Waals surface area contributed by atoms with Crippen LogP contribution < -0.4 is 4.74 Å². The van der Waals surface area contributed by atoms with Gasteiger partial charge < -0.3 is 9.30 Å². The van der Waals surface area contributed by atoms with Crippen LogP contribution in [0.4, 0.5) is 0 Å². The molecule has 21 heavy (non-hydrogen) atoms. The lowest BCUT2D eigenvalue weighted by Crippen LogP contribution is -2.05. The van der Waals surface area contributed by atoms with E-state index in [0.29, 0.717) is 0 Å². The fourth-order valence-electron chi connectivity index (χ4n) is 2.61. The monoisotopic (exact) mass is 344 g/mol. The van der Waals surface area contributed by atoms with E-state index in [2.05, 4.69) is 51.7 Å². The zero-order valence-corrected chi connectivity index (χ0v) is 13.7. The van der Waals surface area contributed by atoms with Gasteiger partial charge in [0.15, 0.2) is 0 Å². The molecule has 0 N–H and O–H groups in total. The van der Waals surface area contributed by atoms with Gasteiger partial charge in [-0.05, 0) is 30.3 Å². The van der Waals surface area contributed by atoms with Gasteiger partial charge in [-0.1, -0.05) is 35.0 Å². The zero-order chi connectivity index (χ0) is 14.8. The van der Waals surface area contributed by atoms with Crippen molar-refractivity contribution in [2.24, 2.45) is 0 Å². The number of aryl methyl sites for hydroxylation is 1. The predicted molar refractivity (Wildman–Crippen MR) is 88.9 cm³/mol. The van der Waals surface area contributed by atoms with Crippen molar-refractivity contribution in [2.45, 2.75) is 19.9 Å². The van der Waals surface area contributed by atoms with E-state index in [1.807, 2.05) is 18.2 Å². The smallest absolute Gasteiger partial charge is 0.123 e. The molecule has 0 aliphatic rings. The Morgan fingerprint density at radius 1 is 1.19 bits per heavy atom. The van der Waals surface area contributed by atoms with Crippen LogP contribution in [-0.2, 0) is 13.0 Å². The average Bonchev–Trinajstić information content (AvgIpc) is 2.86. The van der Waals surface area contributed by atoms with E-state index in [1.54, 1.807) is 7.11 Å². The first kappa shape index (κ1) is 14.1. The minimum absolute atomic E-state index is 0.756. The Kier molecular flexibility index (Phi) is 3.97. The third-order valence-corrected chi connectivity index (χ3v) is 4.11. The highest BCUT2D eigenvalue weighted by molar-refractivity contribution is 9.10. The lowest BCUT2D eigenvalue weighted by atomic mass is 10.2. The molecule has 3 nitrogen and oxygen atoms in total. The summed E-state index contributed by atoms with van der Waals surface area (Å²) in [7, 11) is 1.71. The Balaban J connectivity index is 2.11. The number of fused-ring (bicyclic) bond motifs is 1. The number of hydrogen-bond acceptors (Lipinski definition) is 2. The Labute approximate surface area is 132 Å². The number of aromatic nitrogens is 2. The number of para-hydroxylation sites is 2. The molecule has 0 amide bonds. The number of halogens is 1. The zero-order valence-electron chi connectivity index (χ0n) is 12.1. The second-order valence-corrected chi connectivity index (χ2v) is 5.83. The second-order valence-electron chi connectivity index (χ2n) is 4.91. The number of ether oxygens (including phenoxy) is 1. The van der Waals surface area contributed by atoms with Gasteiger partial charge in [0.05, 0.1) is 24.7 Å². The van der Waals surface area contributed by atoms with Gasteiger partial charge in [-0.25, -0.2) is 4.98 Å². The molecule has 108 valence electrons. The highest BCUT2D eigenvalue weighted by Gasteiger charge is 2.12. The first-order chi connectivity index (χ1) is 10.2. The Morgan fingerprint density at radius 2 is 2.00 bits per heavy atom. The van der Waals surface area contributed by atoms with Crippen molar-refractivity contribution in [1.82, 2.24) is 9.55 Å². The Hall–Kier alpha value is -1.81.